The molecule has 1 aromatic carbocycles. The first-order valence-electron chi connectivity index (χ1n) is 7.55. The maximum Gasteiger partial charge on any atom is 0.255 e. The minimum absolute atomic E-state index is 0.378. The Kier molecular flexibility index (Phi) is 5.01. The predicted octanol–water partition coefficient (Wildman–Crippen LogP) is 3.14. The summed E-state index contributed by atoms with van der Waals surface area (Å²) in [6.45, 7) is 1.72. The second-order valence-corrected chi connectivity index (χ2v) is 7.40. The van der Waals surface area contributed by atoms with Crippen LogP contribution >= 0.6 is 11.6 Å². The van der Waals surface area contributed by atoms with E-state index in [0.717, 1.165) is 31.3 Å². The van der Waals surface area contributed by atoms with E-state index in [2.05, 4.69) is 19.6 Å². The molecule has 8 heteroatoms. The lowest BCUT2D eigenvalue weighted by molar-refractivity contribution is 0.609. The molecule has 0 atom stereocenters. The van der Waals surface area contributed by atoms with Crippen LogP contribution in [0.2, 0.25) is 5.02 Å². The van der Waals surface area contributed by atoms with E-state index in [0.29, 0.717) is 22.1 Å². The highest BCUT2D eigenvalue weighted by atomic mass is 35.5. The summed E-state index contributed by atoms with van der Waals surface area (Å²) in [5.41, 5.74) is 1.01. The summed E-state index contributed by atoms with van der Waals surface area (Å²) in [5.74, 6) is 0.609. The van der Waals surface area contributed by atoms with Crippen molar-refractivity contribution in [1.82, 2.24) is 9.97 Å². The summed E-state index contributed by atoms with van der Waals surface area (Å²) in [6, 6.07) is 7.03. The van der Waals surface area contributed by atoms with Gasteiger partial charge in [-0.25, -0.2) is 18.4 Å². The molecule has 1 N–H and O–H groups in total. The Morgan fingerprint density at radius 3 is 2.71 bits per heavy atom. The van der Waals surface area contributed by atoms with E-state index in [1.54, 1.807) is 24.3 Å². The summed E-state index contributed by atoms with van der Waals surface area (Å²) < 4.78 is 27.2. The highest BCUT2D eigenvalue weighted by molar-refractivity contribution is 7.95. The molecule has 0 amide bonds. The number of hydrogen-bond acceptors (Lipinski definition) is 5. The first kappa shape index (κ1) is 16.7. The van der Waals surface area contributed by atoms with Crippen LogP contribution in [0.25, 0.3) is 6.08 Å². The third-order valence-corrected chi connectivity index (χ3v) is 5.02. The van der Waals surface area contributed by atoms with E-state index in [1.165, 1.54) is 18.6 Å². The van der Waals surface area contributed by atoms with Crippen LogP contribution in [0.4, 0.5) is 11.5 Å². The van der Waals surface area contributed by atoms with E-state index in [1.807, 2.05) is 0 Å². The van der Waals surface area contributed by atoms with Crippen molar-refractivity contribution in [3.63, 3.8) is 0 Å². The maximum absolute atomic E-state index is 12.3. The van der Waals surface area contributed by atoms with E-state index < -0.39 is 10.0 Å². The van der Waals surface area contributed by atoms with Crippen LogP contribution in [-0.2, 0) is 10.0 Å². The van der Waals surface area contributed by atoms with Crippen LogP contribution in [0.5, 0.6) is 0 Å². The van der Waals surface area contributed by atoms with Gasteiger partial charge in [-0.2, -0.15) is 0 Å². The van der Waals surface area contributed by atoms with E-state index >= 15 is 0 Å². The van der Waals surface area contributed by atoms with Crippen LogP contribution < -0.4 is 9.62 Å². The fourth-order valence-electron chi connectivity index (χ4n) is 2.54. The average molecular weight is 365 g/mol. The molecule has 2 heterocycles. The molecule has 0 bridgehead atoms. The Morgan fingerprint density at radius 1 is 1.21 bits per heavy atom. The number of nitrogens with zero attached hydrogens (tertiary/aromatic N) is 3. The molecule has 24 heavy (non-hydrogen) atoms. The molecule has 1 fully saturated rings. The van der Waals surface area contributed by atoms with Gasteiger partial charge < -0.3 is 4.90 Å². The lowest BCUT2D eigenvalue weighted by Gasteiger charge is -2.19. The number of rotatable bonds is 5. The smallest absolute Gasteiger partial charge is 0.255 e. The Morgan fingerprint density at radius 2 is 1.96 bits per heavy atom. The van der Waals surface area contributed by atoms with Crippen molar-refractivity contribution in [2.75, 3.05) is 22.7 Å². The standard InChI is InChI=1S/C16H17ClN4O2S/c17-14-6-2-1-5-13(14)7-10-24(22,23)20-15-11-18-12-19-16(15)21-8-3-4-9-21/h1-2,5-7,10-12,20H,3-4,8-9H2. The number of sulfonamides is 1. The monoisotopic (exact) mass is 364 g/mol. The number of benzene rings is 1. The van der Waals surface area contributed by atoms with Crippen LogP contribution in [0.1, 0.15) is 18.4 Å². The van der Waals surface area contributed by atoms with Gasteiger partial charge in [0.1, 0.15) is 12.0 Å². The summed E-state index contributed by atoms with van der Waals surface area (Å²) in [6.07, 6.45) is 6.50. The summed E-state index contributed by atoms with van der Waals surface area (Å²) >= 11 is 6.03. The topological polar surface area (TPSA) is 75.2 Å². The SMILES string of the molecule is O=S(=O)(C=Cc1ccccc1Cl)Nc1cncnc1N1CCCC1. The summed E-state index contributed by atoms with van der Waals surface area (Å²) in [4.78, 5) is 10.2. The molecular weight excluding hydrogens is 348 g/mol. The molecule has 0 aliphatic carbocycles. The van der Waals surface area contributed by atoms with Gasteiger partial charge in [0.25, 0.3) is 10.0 Å². The van der Waals surface area contributed by atoms with Gasteiger partial charge in [-0.3, -0.25) is 4.72 Å². The zero-order valence-electron chi connectivity index (χ0n) is 12.9. The van der Waals surface area contributed by atoms with Gasteiger partial charge in [-0.1, -0.05) is 29.8 Å². The Balaban J connectivity index is 1.81. The highest BCUT2D eigenvalue weighted by Gasteiger charge is 2.19. The number of halogens is 1. The van der Waals surface area contributed by atoms with Gasteiger partial charge in [0.2, 0.25) is 0 Å². The molecule has 6 nitrogen and oxygen atoms in total. The van der Waals surface area contributed by atoms with Crippen molar-refractivity contribution in [1.29, 1.82) is 0 Å². The van der Waals surface area contributed by atoms with E-state index in [4.69, 9.17) is 11.6 Å². The van der Waals surface area contributed by atoms with Crippen molar-refractivity contribution in [3.8, 4) is 0 Å². The van der Waals surface area contributed by atoms with Gasteiger partial charge in [0, 0.05) is 18.1 Å². The summed E-state index contributed by atoms with van der Waals surface area (Å²) in [5, 5.41) is 1.58. The molecule has 0 radical (unpaired) electrons. The van der Waals surface area contributed by atoms with Gasteiger partial charge >= 0.3 is 0 Å². The lowest BCUT2D eigenvalue weighted by atomic mass is 10.2. The van der Waals surface area contributed by atoms with Gasteiger partial charge in [0.05, 0.1) is 11.6 Å². The van der Waals surface area contributed by atoms with Crippen LogP contribution in [0.3, 0.4) is 0 Å². The molecule has 3 rings (SSSR count). The maximum atomic E-state index is 12.3. The minimum Gasteiger partial charge on any atom is -0.355 e. The van der Waals surface area contributed by atoms with Crippen LogP contribution in [-0.4, -0.2) is 31.5 Å². The third kappa shape index (κ3) is 4.04. The molecule has 1 saturated heterocycles. The first-order chi connectivity index (χ1) is 11.6. The molecule has 1 aromatic heterocycles. The summed E-state index contributed by atoms with van der Waals surface area (Å²) in [7, 11) is -3.70. The molecule has 1 aliphatic heterocycles. The van der Waals surface area contributed by atoms with Crippen molar-refractivity contribution in [2.45, 2.75) is 12.8 Å². The number of anilines is 2. The van der Waals surface area contributed by atoms with E-state index in [-0.39, 0.29) is 0 Å². The lowest BCUT2D eigenvalue weighted by Crippen LogP contribution is -2.22. The average Bonchev–Trinajstić information content (AvgIpc) is 3.09. The Hall–Kier alpha value is -2.12. The second kappa shape index (κ2) is 7.19. The van der Waals surface area contributed by atoms with Crippen molar-refractivity contribution in [2.24, 2.45) is 0 Å². The number of aromatic nitrogens is 2. The van der Waals surface area contributed by atoms with Crippen LogP contribution in [0, 0.1) is 0 Å². The fourth-order valence-corrected chi connectivity index (χ4v) is 3.58. The predicted molar refractivity (Wildman–Crippen MR) is 96.5 cm³/mol. The fraction of sp³-hybridized carbons (Fsp3) is 0.250. The minimum atomic E-state index is -3.70. The number of hydrogen-bond donors (Lipinski definition) is 1. The second-order valence-electron chi connectivity index (χ2n) is 5.43. The van der Waals surface area contributed by atoms with Crippen LogP contribution in [0.15, 0.2) is 42.2 Å². The Labute approximate surface area is 146 Å². The van der Waals surface area contributed by atoms with Crippen molar-refractivity contribution >= 4 is 39.2 Å². The van der Waals surface area contributed by atoms with Crippen molar-refractivity contribution < 1.29 is 8.42 Å². The zero-order chi connectivity index (χ0) is 17.0. The van der Waals surface area contributed by atoms with Gasteiger partial charge in [-0.15, -0.1) is 0 Å². The molecular formula is C16H17ClN4O2S. The zero-order valence-corrected chi connectivity index (χ0v) is 14.5. The van der Waals surface area contributed by atoms with Crippen molar-refractivity contribution in [3.05, 3.63) is 52.8 Å². The first-order valence-corrected chi connectivity index (χ1v) is 9.48. The molecule has 126 valence electrons. The normalized spacial score (nSPS) is 15.1. The van der Waals surface area contributed by atoms with Gasteiger partial charge in [0.15, 0.2) is 5.82 Å². The third-order valence-electron chi connectivity index (χ3n) is 3.68. The van der Waals surface area contributed by atoms with Gasteiger partial charge in [-0.05, 0) is 30.5 Å². The van der Waals surface area contributed by atoms with E-state index in [9.17, 15) is 8.42 Å². The molecule has 0 spiro atoms. The molecule has 1 aliphatic rings. The largest absolute Gasteiger partial charge is 0.355 e. The highest BCUT2D eigenvalue weighted by Crippen LogP contribution is 2.26. The molecule has 2 aromatic rings. The number of nitrogens with one attached hydrogen (secondary N) is 1. The Bertz CT molecular complexity index is 849. The molecule has 0 saturated carbocycles. The quantitative estimate of drug-likeness (QED) is 0.882. The molecule has 0 unspecified atom stereocenters.